The van der Waals surface area contributed by atoms with E-state index in [9.17, 15) is 23.1 Å². The van der Waals surface area contributed by atoms with Gasteiger partial charge >= 0.3 is 5.97 Å². The first kappa shape index (κ1) is 27.5. The van der Waals surface area contributed by atoms with Gasteiger partial charge in [-0.15, -0.1) is 5.92 Å². The van der Waals surface area contributed by atoms with Crippen LogP contribution in [0.1, 0.15) is 31.7 Å². The van der Waals surface area contributed by atoms with Crippen LogP contribution in [0.5, 0.6) is 5.75 Å². The van der Waals surface area contributed by atoms with E-state index in [0.717, 1.165) is 0 Å². The lowest BCUT2D eigenvalue weighted by molar-refractivity contribution is -0.136. The number of rotatable bonds is 12. The minimum Gasteiger partial charge on any atom is -0.481 e. The predicted octanol–water partition coefficient (Wildman–Crippen LogP) is 4.15. The quantitative estimate of drug-likeness (QED) is 0.318. The number of hydrogen-bond acceptors (Lipinski definition) is 5. The lowest BCUT2D eigenvalue weighted by Gasteiger charge is -2.14. The van der Waals surface area contributed by atoms with Crippen molar-refractivity contribution in [3.8, 4) is 17.6 Å². The Hall–Kier alpha value is -2.73. The molecule has 0 aliphatic rings. The van der Waals surface area contributed by atoms with Gasteiger partial charge in [0.05, 0.1) is 21.4 Å². The highest BCUT2D eigenvalue weighted by Gasteiger charge is 2.33. The van der Waals surface area contributed by atoms with Crippen molar-refractivity contribution in [3.63, 3.8) is 0 Å². The molecule has 0 bridgehead atoms. The van der Waals surface area contributed by atoms with Gasteiger partial charge in [-0.05, 0) is 68.1 Å². The van der Waals surface area contributed by atoms with E-state index in [4.69, 9.17) is 27.9 Å². The molecule has 2 N–H and O–H groups in total. The highest BCUT2D eigenvalue weighted by Crippen LogP contribution is 2.24. The van der Waals surface area contributed by atoms with Gasteiger partial charge in [0, 0.05) is 6.54 Å². The van der Waals surface area contributed by atoms with E-state index < -0.39 is 21.1 Å². The van der Waals surface area contributed by atoms with Gasteiger partial charge in [-0.25, -0.2) is 8.42 Å². The third-order valence-corrected chi connectivity index (χ3v) is 7.71. The fraction of sp³-hybridized carbons (Fsp3) is 0.333. The van der Waals surface area contributed by atoms with Gasteiger partial charge in [-0.2, -0.15) is 0 Å². The first-order valence-corrected chi connectivity index (χ1v) is 12.7. The van der Waals surface area contributed by atoms with Gasteiger partial charge in [0.25, 0.3) is 0 Å². The number of aliphatic carboxylic acids is 1. The maximum Gasteiger partial charge on any atom is 0.322 e. The van der Waals surface area contributed by atoms with Crippen molar-refractivity contribution >= 4 is 44.9 Å². The molecule has 2 aromatic rings. The molecule has 10 heteroatoms. The monoisotopic (exact) mass is 525 g/mol. The molecule has 34 heavy (non-hydrogen) atoms. The number of carbonyl (C=O) groups is 2. The molecule has 1 unspecified atom stereocenters. The summed E-state index contributed by atoms with van der Waals surface area (Å²) < 4.78 is 31.0. The first-order chi connectivity index (χ1) is 16.1. The molecule has 182 valence electrons. The first-order valence-electron chi connectivity index (χ1n) is 10.4. The summed E-state index contributed by atoms with van der Waals surface area (Å²) >= 11 is 11.8. The van der Waals surface area contributed by atoms with Gasteiger partial charge < -0.3 is 15.2 Å². The summed E-state index contributed by atoms with van der Waals surface area (Å²) in [7, 11) is -4.09. The van der Waals surface area contributed by atoms with Gasteiger partial charge in [-0.1, -0.05) is 35.2 Å². The van der Waals surface area contributed by atoms with Crippen molar-refractivity contribution in [2.24, 2.45) is 0 Å². The number of halogens is 2. The van der Waals surface area contributed by atoms with Crippen LogP contribution in [0.4, 0.5) is 0 Å². The standard InChI is InChI=1S/C24H25Cl2NO6S/c1-2-3-14-33-18-8-10-19(11-9-18)34(31,32)22(24(29)30)6-4-5-13-27-23(28)16-17-7-12-20(25)21(26)15-17/h7-12,15,22H,4-6,13-14,16H2,1H3,(H,27,28)(H,29,30). The van der Waals surface area contributed by atoms with Crippen molar-refractivity contribution in [1.82, 2.24) is 5.32 Å². The Kier molecular flexibility index (Phi) is 10.7. The van der Waals surface area contributed by atoms with Crippen molar-refractivity contribution in [2.45, 2.75) is 42.8 Å². The Bertz CT molecular complexity index is 1170. The highest BCUT2D eigenvalue weighted by atomic mass is 35.5. The van der Waals surface area contributed by atoms with Crippen LogP contribution in [0.15, 0.2) is 47.4 Å². The second kappa shape index (κ2) is 13.2. The van der Waals surface area contributed by atoms with E-state index in [1.807, 2.05) is 0 Å². The molecule has 2 aromatic carbocycles. The Balaban J connectivity index is 1.85. The minimum absolute atomic E-state index is 0.0787. The van der Waals surface area contributed by atoms with E-state index >= 15 is 0 Å². The molecule has 1 amide bonds. The van der Waals surface area contributed by atoms with E-state index in [-0.39, 0.29) is 30.3 Å². The zero-order valence-electron chi connectivity index (χ0n) is 18.5. The van der Waals surface area contributed by atoms with E-state index in [2.05, 4.69) is 17.2 Å². The number of hydrogen-bond donors (Lipinski definition) is 2. The van der Waals surface area contributed by atoms with Crippen molar-refractivity contribution in [3.05, 3.63) is 58.1 Å². The number of nitrogens with one attached hydrogen (secondary N) is 1. The normalized spacial score (nSPS) is 11.7. The van der Waals surface area contributed by atoms with Crippen molar-refractivity contribution < 1.29 is 27.9 Å². The summed E-state index contributed by atoms with van der Waals surface area (Å²) in [4.78, 5) is 23.7. The summed E-state index contributed by atoms with van der Waals surface area (Å²) in [6.45, 7) is 2.14. The number of amides is 1. The summed E-state index contributed by atoms with van der Waals surface area (Å²) in [6.07, 6.45) is 0.774. The molecule has 0 spiro atoms. The number of ether oxygens (including phenoxy) is 1. The van der Waals surface area contributed by atoms with Crippen LogP contribution >= 0.6 is 23.2 Å². The van der Waals surface area contributed by atoms with Crippen LogP contribution in [0.2, 0.25) is 10.0 Å². The SMILES string of the molecule is CC#CCOc1ccc(S(=O)(=O)C(CCCCNC(=O)Cc2ccc(Cl)c(Cl)c2)C(=O)O)cc1. The average molecular weight is 526 g/mol. The Morgan fingerprint density at radius 2 is 1.79 bits per heavy atom. The van der Waals surface area contributed by atoms with E-state index in [1.165, 1.54) is 24.3 Å². The van der Waals surface area contributed by atoms with Crippen LogP contribution in [-0.4, -0.2) is 43.8 Å². The summed E-state index contributed by atoms with van der Waals surface area (Å²) in [6, 6.07) is 10.5. The molecule has 0 aliphatic carbocycles. The maximum absolute atomic E-state index is 12.8. The highest BCUT2D eigenvalue weighted by molar-refractivity contribution is 7.92. The number of carbonyl (C=O) groups excluding carboxylic acids is 1. The Labute approximate surface area is 209 Å². The molecule has 0 saturated heterocycles. The van der Waals surface area contributed by atoms with Crippen LogP contribution in [-0.2, 0) is 25.8 Å². The predicted molar refractivity (Wildman–Crippen MR) is 131 cm³/mol. The largest absolute Gasteiger partial charge is 0.481 e. The molecular weight excluding hydrogens is 501 g/mol. The zero-order chi connectivity index (χ0) is 25.1. The molecule has 0 radical (unpaired) electrons. The van der Waals surface area contributed by atoms with E-state index in [0.29, 0.717) is 40.7 Å². The third-order valence-electron chi connectivity index (χ3n) is 4.85. The summed E-state index contributed by atoms with van der Waals surface area (Å²) in [5, 5.41) is 11.4. The molecule has 0 heterocycles. The topological polar surface area (TPSA) is 110 Å². The lowest BCUT2D eigenvalue weighted by atomic mass is 10.1. The second-order valence-corrected chi connectivity index (χ2v) is 10.3. The van der Waals surface area contributed by atoms with Crippen LogP contribution in [0.3, 0.4) is 0 Å². The summed E-state index contributed by atoms with van der Waals surface area (Å²) in [5.41, 5.74) is 0.707. The van der Waals surface area contributed by atoms with Crippen LogP contribution in [0.25, 0.3) is 0 Å². The third kappa shape index (κ3) is 8.24. The van der Waals surface area contributed by atoms with Gasteiger partial charge in [0.1, 0.15) is 12.4 Å². The van der Waals surface area contributed by atoms with E-state index in [1.54, 1.807) is 25.1 Å². The second-order valence-electron chi connectivity index (χ2n) is 7.33. The van der Waals surface area contributed by atoms with Crippen LogP contribution < -0.4 is 10.1 Å². The zero-order valence-corrected chi connectivity index (χ0v) is 20.8. The molecule has 0 fully saturated rings. The van der Waals surface area contributed by atoms with Crippen LogP contribution in [0, 0.1) is 11.8 Å². The van der Waals surface area contributed by atoms with Gasteiger partial charge in [-0.3, -0.25) is 9.59 Å². The molecule has 0 saturated carbocycles. The molecule has 0 aromatic heterocycles. The number of sulfone groups is 1. The maximum atomic E-state index is 12.8. The Morgan fingerprint density at radius 1 is 1.09 bits per heavy atom. The Morgan fingerprint density at radius 3 is 2.41 bits per heavy atom. The minimum atomic E-state index is -4.09. The molecule has 0 aliphatic heterocycles. The number of benzene rings is 2. The number of carboxylic acid groups (broad SMARTS) is 1. The lowest BCUT2D eigenvalue weighted by Crippen LogP contribution is -2.31. The van der Waals surface area contributed by atoms with Gasteiger partial charge in [0.15, 0.2) is 15.1 Å². The molecule has 7 nitrogen and oxygen atoms in total. The average Bonchev–Trinajstić information content (AvgIpc) is 2.78. The molecule has 2 rings (SSSR count). The smallest absolute Gasteiger partial charge is 0.322 e. The summed E-state index contributed by atoms with van der Waals surface area (Å²) in [5.74, 6) is 4.20. The van der Waals surface area contributed by atoms with Gasteiger partial charge in [0.2, 0.25) is 5.91 Å². The number of unbranched alkanes of at least 4 members (excludes halogenated alkanes) is 1. The molecular formula is C24H25Cl2NO6S. The number of carboxylic acids is 1. The molecule has 1 atom stereocenters. The fourth-order valence-electron chi connectivity index (χ4n) is 3.07. The fourth-order valence-corrected chi connectivity index (χ4v) is 4.98. The van der Waals surface area contributed by atoms with Crippen molar-refractivity contribution in [1.29, 1.82) is 0 Å². The van der Waals surface area contributed by atoms with Crippen molar-refractivity contribution in [2.75, 3.05) is 13.2 Å².